The third kappa shape index (κ3) is 3.78. The van der Waals surface area contributed by atoms with Gasteiger partial charge in [0.15, 0.2) is 0 Å². The van der Waals surface area contributed by atoms with Gasteiger partial charge in [-0.15, -0.1) is 0 Å². The van der Waals surface area contributed by atoms with Crippen LogP contribution < -0.4 is 5.73 Å². The van der Waals surface area contributed by atoms with Crippen molar-refractivity contribution in [1.82, 2.24) is 4.90 Å². The highest BCUT2D eigenvalue weighted by molar-refractivity contribution is 5.31. The van der Waals surface area contributed by atoms with Crippen molar-refractivity contribution >= 4 is 0 Å². The van der Waals surface area contributed by atoms with Gasteiger partial charge in [-0.1, -0.05) is 38.1 Å². The van der Waals surface area contributed by atoms with E-state index in [0.717, 1.165) is 26.1 Å². The SMILES string of the molecule is CN(CC1OCCc2ccccc21)CC(C)(C)CN. The summed E-state index contributed by atoms with van der Waals surface area (Å²) < 4.78 is 5.95. The molecule has 106 valence electrons. The fraction of sp³-hybridized carbons (Fsp3) is 0.625. The molecule has 1 heterocycles. The van der Waals surface area contributed by atoms with E-state index < -0.39 is 0 Å². The molecule has 3 nitrogen and oxygen atoms in total. The van der Waals surface area contributed by atoms with Crippen LogP contribution in [-0.2, 0) is 11.2 Å². The second-order valence-electron chi connectivity index (χ2n) is 6.37. The lowest BCUT2D eigenvalue weighted by molar-refractivity contribution is 0.0153. The smallest absolute Gasteiger partial charge is 0.0954 e. The Morgan fingerprint density at radius 3 is 2.84 bits per heavy atom. The van der Waals surface area contributed by atoms with E-state index in [1.807, 2.05) is 0 Å². The molecule has 0 amide bonds. The fourth-order valence-electron chi connectivity index (χ4n) is 2.77. The van der Waals surface area contributed by atoms with Crippen LogP contribution in [-0.4, -0.2) is 38.2 Å². The molecule has 0 spiro atoms. The summed E-state index contributed by atoms with van der Waals surface area (Å²) in [4.78, 5) is 2.33. The summed E-state index contributed by atoms with van der Waals surface area (Å²) in [6.07, 6.45) is 1.23. The number of nitrogens with two attached hydrogens (primary N) is 1. The highest BCUT2D eigenvalue weighted by Crippen LogP contribution is 2.28. The zero-order chi connectivity index (χ0) is 13.9. The Bertz CT molecular complexity index is 417. The highest BCUT2D eigenvalue weighted by Gasteiger charge is 2.24. The van der Waals surface area contributed by atoms with Crippen LogP contribution in [0.2, 0.25) is 0 Å². The van der Waals surface area contributed by atoms with Crippen LogP contribution in [0.3, 0.4) is 0 Å². The van der Waals surface area contributed by atoms with Crippen molar-refractivity contribution in [3.05, 3.63) is 35.4 Å². The topological polar surface area (TPSA) is 38.5 Å². The molecule has 0 saturated carbocycles. The Morgan fingerprint density at radius 1 is 1.37 bits per heavy atom. The minimum absolute atomic E-state index is 0.156. The first-order chi connectivity index (χ1) is 9.02. The summed E-state index contributed by atoms with van der Waals surface area (Å²) in [7, 11) is 2.15. The highest BCUT2D eigenvalue weighted by atomic mass is 16.5. The first kappa shape index (κ1) is 14.5. The predicted molar refractivity (Wildman–Crippen MR) is 79.2 cm³/mol. The monoisotopic (exact) mass is 262 g/mol. The average Bonchev–Trinajstić information content (AvgIpc) is 2.38. The molecular formula is C16H26N2O. The van der Waals surface area contributed by atoms with Crippen LogP contribution in [0.5, 0.6) is 0 Å². The normalized spacial score (nSPS) is 19.5. The molecule has 19 heavy (non-hydrogen) atoms. The number of benzene rings is 1. The first-order valence-electron chi connectivity index (χ1n) is 7.10. The van der Waals surface area contributed by atoms with Crippen LogP contribution in [0.4, 0.5) is 0 Å². The molecule has 1 aliphatic rings. The Balaban J connectivity index is 2.01. The second kappa shape index (κ2) is 6.04. The number of nitrogens with zero attached hydrogens (tertiary/aromatic N) is 1. The lowest BCUT2D eigenvalue weighted by atomic mass is 9.92. The van der Waals surface area contributed by atoms with Crippen molar-refractivity contribution < 1.29 is 4.74 Å². The summed E-state index contributed by atoms with van der Waals surface area (Å²) in [6.45, 7) is 7.87. The van der Waals surface area contributed by atoms with E-state index in [9.17, 15) is 0 Å². The van der Waals surface area contributed by atoms with Gasteiger partial charge in [-0.3, -0.25) is 0 Å². The quantitative estimate of drug-likeness (QED) is 0.884. The van der Waals surface area contributed by atoms with Gasteiger partial charge in [-0.05, 0) is 36.6 Å². The van der Waals surface area contributed by atoms with Gasteiger partial charge in [0, 0.05) is 13.1 Å². The number of ether oxygens (including phenoxy) is 1. The van der Waals surface area contributed by atoms with Gasteiger partial charge >= 0.3 is 0 Å². The van der Waals surface area contributed by atoms with Gasteiger partial charge in [0.2, 0.25) is 0 Å². The first-order valence-corrected chi connectivity index (χ1v) is 7.10. The molecular weight excluding hydrogens is 236 g/mol. The summed E-state index contributed by atoms with van der Waals surface area (Å²) in [5, 5.41) is 0. The van der Waals surface area contributed by atoms with E-state index in [2.05, 4.69) is 50.1 Å². The Labute approximate surface area is 116 Å². The molecule has 1 aliphatic heterocycles. The zero-order valence-corrected chi connectivity index (χ0v) is 12.4. The summed E-state index contributed by atoms with van der Waals surface area (Å²) in [5.74, 6) is 0. The van der Waals surface area contributed by atoms with Crippen molar-refractivity contribution in [2.24, 2.45) is 11.1 Å². The van der Waals surface area contributed by atoms with Gasteiger partial charge in [-0.2, -0.15) is 0 Å². The van der Waals surface area contributed by atoms with Crippen LogP contribution in [0, 0.1) is 5.41 Å². The second-order valence-corrected chi connectivity index (χ2v) is 6.37. The summed E-state index contributed by atoms with van der Waals surface area (Å²) in [6, 6.07) is 8.63. The summed E-state index contributed by atoms with van der Waals surface area (Å²) in [5.41, 5.74) is 8.75. The van der Waals surface area contributed by atoms with Crippen molar-refractivity contribution in [3.63, 3.8) is 0 Å². The third-order valence-electron chi connectivity index (χ3n) is 3.82. The molecule has 0 aliphatic carbocycles. The Kier molecular flexibility index (Phi) is 4.61. The van der Waals surface area contributed by atoms with E-state index in [-0.39, 0.29) is 11.5 Å². The molecule has 2 rings (SSSR count). The molecule has 1 aromatic carbocycles. The molecule has 1 aromatic rings. The van der Waals surface area contributed by atoms with Crippen molar-refractivity contribution in [2.45, 2.75) is 26.4 Å². The summed E-state index contributed by atoms with van der Waals surface area (Å²) >= 11 is 0. The van der Waals surface area contributed by atoms with Crippen LogP contribution >= 0.6 is 0 Å². The number of likely N-dealkylation sites (N-methyl/N-ethyl adjacent to an activating group) is 1. The van der Waals surface area contributed by atoms with Crippen LogP contribution in [0.25, 0.3) is 0 Å². The minimum Gasteiger partial charge on any atom is -0.372 e. The molecule has 2 N–H and O–H groups in total. The van der Waals surface area contributed by atoms with Gasteiger partial charge in [0.25, 0.3) is 0 Å². The Hall–Kier alpha value is -0.900. The van der Waals surface area contributed by atoms with Gasteiger partial charge < -0.3 is 15.4 Å². The minimum atomic E-state index is 0.156. The maximum absolute atomic E-state index is 5.95. The maximum atomic E-state index is 5.95. The lowest BCUT2D eigenvalue weighted by Gasteiger charge is -2.33. The molecule has 0 saturated heterocycles. The van der Waals surface area contributed by atoms with Crippen molar-refractivity contribution in [1.29, 1.82) is 0 Å². The molecule has 1 atom stereocenters. The third-order valence-corrected chi connectivity index (χ3v) is 3.82. The van der Waals surface area contributed by atoms with Gasteiger partial charge in [0.1, 0.15) is 0 Å². The molecule has 0 radical (unpaired) electrons. The van der Waals surface area contributed by atoms with Crippen LogP contribution in [0.1, 0.15) is 31.1 Å². The number of hydrogen-bond donors (Lipinski definition) is 1. The van der Waals surface area contributed by atoms with E-state index >= 15 is 0 Å². The van der Waals surface area contributed by atoms with Gasteiger partial charge in [-0.25, -0.2) is 0 Å². The molecule has 0 aromatic heterocycles. The fourth-order valence-corrected chi connectivity index (χ4v) is 2.77. The average molecular weight is 262 g/mol. The molecule has 1 unspecified atom stereocenters. The largest absolute Gasteiger partial charge is 0.372 e. The number of fused-ring (bicyclic) bond motifs is 1. The molecule has 0 bridgehead atoms. The van der Waals surface area contributed by atoms with Crippen LogP contribution in [0.15, 0.2) is 24.3 Å². The Morgan fingerprint density at radius 2 is 2.11 bits per heavy atom. The van der Waals surface area contributed by atoms with E-state index in [4.69, 9.17) is 10.5 Å². The van der Waals surface area contributed by atoms with Crippen molar-refractivity contribution in [2.75, 3.05) is 33.3 Å². The molecule has 3 heteroatoms. The van der Waals surface area contributed by atoms with Crippen molar-refractivity contribution in [3.8, 4) is 0 Å². The number of rotatable bonds is 5. The lowest BCUT2D eigenvalue weighted by Crippen LogP contribution is -2.39. The zero-order valence-electron chi connectivity index (χ0n) is 12.4. The van der Waals surface area contributed by atoms with E-state index in [0.29, 0.717) is 6.54 Å². The number of hydrogen-bond acceptors (Lipinski definition) is 3. The maximum Gasteiger partial charge on any atom is 0.0954 e. The van der Waals surface area contributed by atoms with Gasteiger partial charge in [0.05, 0.1) is 12.7 Å². The predicted octanol–water partition coefficient (Wildman–Crippen LogP) is 2.22. The molecule has 0 fully saturated rings. The standard InChI is InChI=1S/C16H26N2O/c1-16(2,11-17)12-18(3)10-15-14-7-5-4-6-13(14)8-9-19-15/h4-7,15H,8-12,17H2,1-3H3. The van der Waals surface area contributed by atoms with E-state index in [1.165, 1.54) is 11.1 Å². The van der Waals surface area contributed by atoms with E-state index in [1.54, 1.807) is 0 Å².